The quantitative estimate of drug-likeness (QED) is 0.832. The van der Waals surface area contributed by atoms with Gasteiger partial charge in [0.25, 0.3) is 0 Å². The molecule has 1 aliphatic carbocycles. The first-order valence-corrected chi connectivity index (χ1v) is 7.54. The Morgan fingerprint density at radius 1 is 1.25 bits per heavy atom. The summed E-state index contributed by atoms with van der Waals surface area (Å²) in [5, 5.41) is 9.37. The van der Waals surface area contributed by atoms with Gasteiger partial charge in [0, 0.05) is 26.1 Å². The highest BCUT2D eigenvalue weighted by Gasteiger charge is 2.38. The molecule has 1 aliphatic heterocycles. The smallest absolute Gasteiger partial charge is 0.227 e. The zero-order valence-electron chi connectivity index (χ0n) is 12.8. The maximum absolute atomic E-state index is 12.5. The van der Waals surface area contributed by atoms with Crippen molar-refractivity contribution in [2.24, 2.45) is 11.8 Å². The zero-order valence-corrected chi connectivity index (χ0v) is 12.8. The van der Waals surface area contributed by atoms with Crippen LogP contribution in [0.25, 0.3) is 0 Å². The topological polar surface area (TPSA) is 60.9 Å². The molecule has 20 heavy (non-hydrogen) atoms. The zero-order chi connectivity index (χ0) is 14.9. The summed E-state index contributed by atoms with van der Waals surface area (Å²) in [6.45, 7) is 4.96. The summed E-state index contributed by atoms with van der Waals surface area (Å²) in [6.07, 6.45) is 3.73. The Morgan fingerprint density at radius 2 is 1.90 bits per heavy atom. The molecule has 1 heterocycles. The van der Waals surface area contributed by atoms with Gasteiger partial charge in [-0.15, -0.1) is 0 Å². The highest BCUT2D eigenvalue weighted by molar-refractivity contribution is 5.83. The van der Waals surface area contributed by atoms with E-state index in [9.17, 15) is 14.7 Å². The largest absolute Gasteiger partial charge is 0.394 e. The first-order chi connectivity index (χ1) is 9.36. The lowest BCUT2D eigenvalue weighted by Gasteiger charge is -2.39. The molecule has 114 valence electrons. The summed E-state index contributed by atoms with van der Waals surface area (Å²) in [7, 11) is 1.74. The van der Waals surface area contributed by atoms with E-state index in [-0.39, 0.29) is 30.3 Å². The molecule has 1 saturated carbocycles. The van der Waals surface area contributed by atoms with Crippen LogP contribution in [0.1, 0.15) is 39.5 Å². The molecule has 2 aliphatic rings. The summed E-state index contributed by atoms with van der Waals surface area (Å²) in [4.78, 5) is 28.1. The van der Waals surface area contributed by atoms with Crippen LogP contribution in [0.15, 0.2) is 0 Å². The number of carbonyl (C=O) groups excluding carboxylic acids is 2. The van der Waals surface area contributed by atoms with Crippen molar-refractivity contribution in [2.75, 3.05) is 26.7 Å². The summed E-state index contributed by atoms with van der Waals surface area (Å²) < 4.78 is 0. The van der Waals surface area contributed by atoms with Crippen molar-refractivity contribution in [3.63, 3.8) is 0 Å². The molecular weight excluding hydrogens is 256 g/mol. The number of aliphatic hydroxyl groups excluding tert-OH is 1. The molecule has 1 saturated heterocycles. The number of likely N-dealkylation sites (N-methyl/N-ethyl adjacent to an activating group) is 1. The summed E-state index contributed by atoms with van der Waals surface area (Å²) in [5.74, 6) is 0.363. The first-order valence-electron chi connectivity index (χ1n) is 7.54. The molecule has 0 aromatic rings. The Morgan fingerprint density at radius 3 is 2.45 bits per heavy atom. The Kier molecular flexibility index (Phi) is 4.37. The number of likely N-dealkylation sites (tertiary alicyclic amines) is 1. The second-order valence-corrected chi connectivity index (χ2v) is 6.77. The van der Waals surface area contributed by atoms with Crippen LogP contribution in [0.2, 0.25) is 0 Å². The number of rotatable bonds is 4. The van der Waals surface area contributed by atoms with Crippen molar-refractivity contribution in [1.29, 1.82) is 0 Å². The fourth-order valence-electron chi connectivity index (χ4n) is 2.65. The third kappa shape index (κ3) is 3.14. The summed E-state index contributed by atoms with van der Waals surface area (Å²) in [6, 6.07) is 0. The Bertz CT molecular complexity index is 391. The van der Waals surface area contributed by atoms with Crippen molar-refractivity contribution in [1.82, 2.24) is 9.80 Å². The van der Waals surface area contributed by atoms with Gasteiger partial charge in [0.1, 0.15) is 0 Å². The van der Waals surface area contributed by atoms with Crippen LogP contribution in [0.5, 0.6) is 0 Å². The van der Waals surface area contributed by atoms with Gasteiger partial charge in [-0.1, -0.05) is 0 Å². The number of amides is 2. The molecule has 2 fully saturated rings. The minimum atomic E-state index is -0.556. The standard InChI is InChI=1S/C15H26N2O3/c1-15(2,10-18)16(3)13(19)12-5-4-8-17(9-12)14(20)11-6-7-11/h11-12,18H,4-10H2,1-3H3. The van der Waals surface area contributed by atoms with Crippen LogP contribution in [-0.4, -0.2) is 59.0 Å². The number of hydrogen-bond donors (Lipinski definition) is 1. The highest BCUT2D eigenvalue weighted by Crippen LogP contribution is 2.33. The average Bonchev–Trinajstić information content (AvgIpc) is 3.29. The lowest BCUT2D eigenvalue weighted by molar-refractivity contribution is -0.145. The fraction of sp³-hybridized carbons (Fsp3) is 0.867. The van der Waals surface area contributed by atoms with Gasteiger partial charge in [0.2, 0.25) is 11.8 Å². The summed E-state index contributed by atoms with van der Waals surface area (Å²) >= 11 is 0. The van der Waals surface area contributed by atoms with Crippen LogP contribution >= 0.6 is 0 Å². The fourth-order valence-corrected chi connectivity index (χ4v) is 2.65. The minimum absolute atomic E-state index is 0.0392. The molecule has 0 radical (unpaired) electrons. The van der Waals surface area contributed by atoms with Crippen LogP contribution < -0.4 is 0 Å². The van der Waals surface area contributed by atoms with E-state index in [1.54, 1.807) is 11.9 Å². The molecule has 5 nitrogen and oxygen atoms in total. The van der Waals surface area contributed by atoms with Gasteiger partial charge in [0.15, 0.2) is 0 Å². The monoisotopic (exact) mass is 282 g/mol. The predicted octanol–water partition coefficient (Wildman–Crippen LogP) is 0.864. The van der Waals surface area contributed by atoms with Crippen molar-refractivity contribution < 1.29 is 14.7 Å². The maximum Gasteiger partial charge on any atom is 0.227 e. The van der Waals surface area contributed by atoms with E-state index in [1.807, 2.05) is 18.7 Å². The predicted molar refractivity (Wildman–Crippen MR) is 76.0 cm³/mol. The number of aliphatic hydroxyl groups is 1. The maximum atomic E-state index is 12.5. The molecule has 1 unspecified atom stereocenters. The molecule has 0 aromatic carbocycles. The van der Waals surface area contributed by atoms with E-state index in [2.05, 4.69) is 0 Å². The minimum Gasteiger partial charge on any atom is -0.394 e. The Balaban J connectivity index is 1.97. The number of carbonyl (C=O) groups is 2. The normalized spacial score (nSPS) is 23.6. The van der Waals surface area contributed by atoms with Gasteiger partial charge >= 0.3 is 0 Å². The molecular formula is C15H26N2O3. The first kappa shape index (κ1) is 15.3. The van der Waals surface area contributed by atoms with E-state index < -0.39 is 5.54 Å². The van der Waals surface area contributed by atoms with Gasteiger partial charge in [-0.05, 0) is 39.5 Å². The van der Waals surface area contributed by atoms with Crippen LogP contribution in [-0.2, 0) is 9.59 Å². The van der Waals surface area contributed by atoms with Gasteiger partial charge in [-0.25, -0.2) is 0 Å². The van der Waals surface area contributed by atoms with Crippen molar-refractivity contribution in [2.45, 2.75) is 45.1 Å². The summed E-state index contributed by atoms with van der Waals surface area (Å²) in [5.41, 5.74) is -0.556. The van der Waals surface area contributed by atoms with Gasteiger partial charge < -0.3 is 14.9 Å². The van der Waals surface area contributed by atoms with E-state index in [4.69, 9.17) is 0 Å². The van der Waals surface area contributed by atoms with Gasteiger partial charge in [-0.2, -0.15) is 0 Å². The van der Waals surface area contributed by atoms with E-state index in [1.165, 1.54) is 0 Å². The van der Waals surface area contributed by atoms with E-state index in [0.29, 0.717) is 6.54 Å². The van der Waals surface area contributed by atoms with Crippen molar-refractivity contribution >= 4 is 11.8 Å². The highest BCUT2D eigenvalue weighted by atomic mass is 16.3. The van der Waals surface area contributed by atoms with Crippen LogP contribution in [0.4, 0.5) is 0 Å². The molecule has 1 atom stereocenters. The number of nitrogens with zero attached hydrogens (tertiary/aromatic N) is 2. The number of piperidine rings is 1. The molecule has 0 bridgehead atoms. The molecule has 5 heteroatoms. The second kappa shape index (κ2) is 5.72. The Hall–Kier alpha value is -1.10. The van der Waals surface area contributed by atoms with Crippen molar-refractivity contribution in [3.05, 3.63) is 0 Å². The molecule has 1 N–H and O–H groups in total. The van der Waals surface area contributed by atoms with Gasteiger partial charge in [0.05, 0.1) is 18.1 Å². The molecule has 0 aromatic heterocycles. The number of hydrogen-bond acceptors (Lipinski definition) is 3. The van der Waals surface area contributed by atoms with Gasteiger partial charge in [-0.3, -0.25) is 9.59 Å². The third-order valence-corrected chi connectivity index (χ3v) is 4.63. The van der Waals surface area contributed by atoms with Crippen molar-refractivity contribution in [3.8, 4) is 0 Å². The molecule has 2 amide bonds. The lowest BCUT2D eigenvalue weighted by atomic mass is 9.94. The molecule has 0 spiro atoms. The second-order valence-electron chi connectivity index (χ2n) is 6.77. The molecule has 2 rings (SSSR count). The third-order valence-electron chi connectivity index (χ3n) is 4.63. The Labute approximate surface area is 120 Å². The van der Waals surface area contributed by atoms with Crippen LogP contribution in [0, 0.1) is 11.8 Å². The average molecular weight is 282 g/mol. The lowest BCUT2D eigenvalue weighted by Crippen LogP contribution is -2.53. The van der Waals surface area contributed by atoms with E-state index >= 15 is 0 Å². The van der Waals surface area contributed by atoms with E-state index in [0.717, 1.165) is 32.2 Å². The van der Waals surface area contributed by atoms with Crippen LogP contribution in [0.3, 0.4) is 0 Å². The SMILES string of the molecule is CN(C(=O)C1CCCN(C(=O)C2CC2)C1)C(C)(C)CO.